The van der Waals surface area contributed by atoms with Crippen LogP contribution in [0.2, 0.25) is 0 Å². The van der Waals surface area contributed by atoms with E-state index in [2.05, 4.69) is 5.32 Å². The first-order valence-corrected chi connectivity index (χ1v) is 8.19. The molecule has 3 rings (SSSR count). The second-order valence-electron chi connectivity index (χ2n) is 5.24. The number of rotatable bonds is 5. The van der Waals surface area contributed by atoms with Gasteiger partial charge in [-0.2, -0.15) is 0 Å². The van der Waals surface area contributed by atoms with Crippen molar-refractivity contribution in [1.29, 1.82) is 0 Å². The molecule has 3 aromatic rings. The van der Waals surface area contributed by atoms with Gasteiger partial charge in [-0.25, -0.2) is 0 Å². The lowest BCUT2D eigenvalue weighted by Gasteiger charge is -2.16. The molecule has 0 unspecified atom stereocenters. The van der Waals surface area contributed by atoms with Crippen LogP contribution >= 0.6 is 11.3 Å². The Bertz CT molecular complexity index is 825. The van der Waals surface area contributed by atoms with Crippen LogP contribution in [0.15, 0.2) is 65.3 Å². The minimum absolute atomic E-state index is 0.0812. The van der Waals surface area contributed by atoms with E-state index in [4.69, 9.17) is 4.42 Å². The SMILES string of the molecule is CN(Cc1ccccc1)C(=O)c1ccc(NC(=O)c2ccco2)s1. The van der Waals surface area contributed by atoms with Crippen LogP contribution in [-0.2, 0) is 6.54 Å². The van der Waals surface area contributed by atoms with Crippen molar-refractivity contribution < 1.29 is 14.0 Å². The van der Waals surface area contributed by atoms with Crippen molar-refractivity contribution >= 4 is 28.2 Å². The van der Waals surface area contributed by atoms with Crippen LogP contribution in [0, 0.1) is 0 Å². The molecule has 2 aromatic heterocycles. The second kappa shape index (κ2) is 7.14. The van der Waals surface area contributed by atoms with E-state index in [1.165, 1.54) is 17.6 Å². The van der Waals surface area contributed by atoms with Gasteiger partial charge in [0.25, 0.3) is 11.8 Å². The molecule has 0 aliphatic heterocycles. The summed E-state index contributed by atoms with van der Waals surface area (Å²) in [6.45, 7) is 0.533. The maximum absolute atomic E-state index is 12.5. The van der Waals surface area contributed by atoms with Crippen molar-refractivity contribution in [3.05, 3.63) is 77.1 Å². The fourth-order valence-electron chi connectivity index (χ4n) is 2.22. The highest BCUT2D eigenvalue weighted by Crippen LogP contribution is 2.24. The summed E-state index contributed by atoms with van der Waals surface area (Å²) in [5.74, 6) is -0.182. The molecule has 0 fully saturated rings. The Hall–Kier alpha value is -2.86. The fraction of sp³-hybridized carbons (Fsp3) is 0.111. The van der Waals surface area contributed by atoms with Gasteiger partial charge in [0, 0.05) is 13.6 Å². The number of furan rings is 1. The molecule has 0 aliphatic rings. The number of hydrogen-bond acceptors (Lipinski definition) is 4. The highest BCUT2D eigenvalue weighted by atomic mass is 32.1. The number of hydrogen-bond donors (Lipinski definition) is 1. The molecule has 0 saturated carbocycles. The zero-order chi connectivity index (χ0) is 16.9. The Morgan fingerprint density at radius 1 is 1.08 bits per heavy atom. The summed E-state index contributed by atoms with van der Waals surface area (Å²) in [7, 11) is 1.76. The Morgan fingerprint density at radius 2 is 1.88 bits per heavy atom. The topological polar surface area (TPSA) is 62.6 Å². The Labute approximate surface area is 143 Å². The van der Waals surface area contributed by atoms with E-state index in [0.717, 1.165) is 5.56 Å². The monoisotopic (exact) mass is 340 g/mol. The van der Waals surface area contributed by atoms with Crippen molar-refractivity contribution in [2.24, 2.45) is 0 Å². The van der Waals surface area contributed by atoms with E-state index in [9.17, 15) is 9.59 Å². The lowest BCUT2D eigenvalue weighted by atomic mass is 10.2. The number of carbonyl (C=O) groups is 2. The van der Waals surface area contributed by atoms with E-state index in [1.54, 1.807) is 36.2 Å². The number of amides is 2. The minimum Gasteiger partial charge on any atom is -0.459 e. The van der Waals surface area contributed by atoms with Gasteiger partial charge in [0.15, 0.2) is 5.76 Å². The van der Waals surface area contributed by atoms with Gasteiger partial charge in [-0.3, -0.25) is 9.59 Å². The molecule has 0 aliphatic carbocycles. The number of benzene rings is 1. The molecule has 1 N–H and O–H groups in total. The van der Waals surface area contributed by atoms with Crippen molar-refractivity contribution in [3.8, 4) is 0 Å². The zero-order valence-electron chi connectivity index (χ0n) is 13.1. The quantitative estimate of drug-likeness (QED) is 0.767. The Balaban J connectivity index is 1.64. The van der Waals surface area contributed by atoms with E-state index < -0.39 is 0 Å². The predicted octanol–water partition coefficient (Wildman–Crippen LogP) is 3.87. The standard InChI is InChI=1S/C18H16N2O3S/c1-20(12-13-6-3-2-4-7-13)18(22)15-9-10-16(24-15)19-17(21)14-8-5-11-23-14/h2-11H,12H2,1H3,(H,19,21). The number of nitrogens with one attached hydrogen (secondary N) is 1. The van der Waals surface area contributed by atoms with Gasteiger partial charge in [-0.1, -0.05) is 30.3 Å². The highest BCUT2D eigenvalue weighted by molar-refractivity contribution is 7.18. The maximum Gasteiger partial charge on any atom is 0.291 e. The lowest BCUT2D eigenvalue weighted by Crippen LogP contribution is -2.25. The van der Waals surface area contributed by atoms with Gasteiger partial charge in [-0.05, 0) is 29.8 Å². The van der Waals surface area contributed by atoms with Gasteiger partial charge < -0.3 is 14.6 Å². The second-order valence-corrected chi connectivity index (χ2v) is 6.33. The summed E-state index contributed by atoms with van der Waals surface area (Å²) in [5, 5.41) is 3.33. The molecule has 0 saturated heterocycles. The predicted molar refractivity (Wildman–Crippen MR) is 93.2 cm³/mol. The molecule has 5 nitrogen and oxygen atoms in total. The van der Waals surface area contributed by atoms with Crippen LogP contribution in [0.5, 0.6) is 0 Å². The molecule has 24 heavy (non-hydrogen) atoms. The molecular weight excluding hydrogens is 324 g/mol. The number of anilines is 1. The molecule has 0 bridgehead atoms. The van der Waals surface area contributed by atoms with Gasteiger partial charge in [0.05, 0.1) is 16.1 Å². The van der Waals surface area contributed by atoms with Crippen LogP contribution in [0.4, 0.5) is 5.00 Å². The summed E-state index contributed by atoms with van der Waals surface area (Å²) in [6.07, 6.45) is 1.44. The van der Waals surface area contributed by atoms with Gasteiger partial charge >= 0.3 is 0 Å². The van der Waals surface area contributed by atoms with Crippen LogP contribution in [0.1, 0.15) is 25.8 Å². The van der Waals surface area contributed by atoms with E-state index in [1.807, 2.05) is 30.3 Å². The van der Waals surface area contributed by atoms with Gasteiger partial charge in [-0.15, -0.1) is 11.3 Å². The summed E-state index contributed by atoms with van der Waals surface area (Å²) in [4.78, 5) is 26.6. The van der Waals surface area contributed by atoms with Crippen molar-refractivity contribution in [3.63, 3.8) is 0 Å². The molecule has 122 valence electrons. The molecule has 2 amide bonds. The molecule has 2 heterocycles. The van der Waals surface area contributed by atoms with E-state index >= 15 is 0 Å². The van der Waals surface area contributed by atoms with Gasteiger partial charge in [0.1, 0.15) is 0 Å². The van der Waals surface area contributed by atoms with Crippen molar-refractivity contribution in [2.75, 3.05) is 12.4 Å². The average molecular weight is 340 g/mol. The normalized spacial score (nSPS) is 10.4. The zero-order valence-corrected chi connectivity index (χ0v) is 13.9. The largest absolute Gasteiger partial charge is 0.459 e. The fourth-order valence-corrected chi connectivity index (χ4v) is 3.11. The summed E-state index contributed by atoms with van der Waals surface area (Å²) in [6, 6.07) is 16.5. The van der Waals surface area contributed by atoms with Crippen LogP contribution in [0.25, 0.3) is 0 Å². The summed E-state index contributed by atoms with van der Waals surface area (Å²) >= 11 is 1.24. The number of nitrogens with zero attached hydrogens (tertiary/aromatic N) is 1. The smallest absolute Gasteiger partial charge is 0.291 e. The lowest BCUT2D eigenvalue weighted by molar-refractivity contribution is 0.0789. The molecule has 0 atom stereocenters. The third kappa shape index (κ3) is 3.72. The van der Waals surface area contributed by atoms with Crippen molar-refractivity contribution in [2.45, 2.75) is 6.54 Å². The van der Waals surface area contributed by atoms with Crippen LogP contribution in [0.3, 0.4) is 0 Å². The van der Waals surface area contributed by atoms with Crippen molar-refractivity contribution in [1.82, 2.24) is 4.90 Å². The molecule has 1 aromatic carbocycles. The first-order valence-electron chi connectivity index (χ1n) is 7.37. The molecular formula is C18H16N2O3S. The Kier molecular flexibility index (Phi) is 4.77. The summed E-state index contributed by atoms with van der Waals surface area (Å²) in [5.41, 5.74) is 1.07. The van der Waals surface area contributed by atoms with Crippen LogP contribution < -0.4 is 5.32 Å². The highest BCUT2D eigenvalue weighted by Gasteiger charge is 2.16. The van der Waals surface area contributed by atoms with E-state index in [0.29, 0.717) is 16.4 Å². The van der Waals surface area contributed by atoms with E-state index in [-0.39, 0.29) is 17.6 Å². The minimum atomic E-state index is -0.335. The Morgan fingerprint density at radius 3 is 2.58 bits per heavy atom. The third-order valence-electron chi connectivity index (χ3n) is 3.41. The van der Waals surface area contributed by atoms with Gasteiger partial charge in [0.2, 0.25) is 0 Å². The first kappa shape index (κ1) is 16.0. The van der Waals surface area contributed by atoms with Crippen LogP contribution in [-0.4, -0.2) is 23.8 Å². The molecule has 0 radical (unpaired) electrons. The third-order valence-corrected chi connectivity index (χ3v) is 4.40. The first-order chi connectivity index (χ1) is 11.6. The number of thiophene rings is 1. The molecule has 0 spiro atoms. The maximum atomic E-state index is 12.5. The molecule has 6 heteroatoms. The average Bonchev–Trinajstić information content (AvgIpc) is 3.27. The summed E-state index contributed by atoms with van der Waals surface area (Å²) < 4.78 is 5.04. The number of carbonyl (C=O) groups excluding carboxylic acids is 2.